The van der Waals surface area contributed by atoms with Crippen molar-refractivity contribution in [2.45, 2.75) is 112 Å². The minimum atomic E-state index is -7.44. The van der Waals surface area contributed by atoms with E-state index in [4.69, 9.17) is 0 Å². The van der Waals surface area contributed by atoms with E-state index < -0.39 is 86.5 Å². The van der Waals surface area contributed by atoms with Gasteiger partial charge in [0, 0.05) is 38.5 Å². The van der Waals surface area contributed by atoms with Crippen LogP contribution in [0.2, 0.25) is 50.1 Å². The van der Waals surface area contributed by atoms with E-state index in [1.165, 1.54) is 0 Å². The van der Waals surface area contributed by atoms with Gasteiger partial charge in [-0.25, -0.2) is 0 Å². The van der Waals surface area contributed by atoms with Gasteiger partial charge in [0.05, 0.1) is 0 Å². The quantitative estimate of drug-likeness (QED) is 0.149. The van der Waals surface area contributed by atoms with Gasteiger partial charge in [0.2, 0.25) is 0 Å². The smallest absolute Gasteiger partial charge is 0.200 e. The van der Waals surface area contributed by atoms with E-state index >= 15 is 0 Å². The molecule has 33 heavy (non-hydrogen) atoms. The number of rotatable bonds is 14. The molecule has 0 nitrogen and oxygen atoms in total. The lowest BCUT2D eigenvalue weighted by atomic mass is 9.89. The van der Waals surface area contributed by atoms with Crippen molar-refractivity contribution >= 4 is 25.7 Å². The molecule has 0 aliphatic rings. The summed E-state index contributed by atoms with van der Waals surface area (Å²) >= 11 is 0. The molecule has 0 fully saturated rings. The molecule has 0 unspecified atom stereocenters. The van der Waals surface area contributed by atoms with E-state index in [9.17, 15) is 52.7 Å². The first kappa shape index (κ1) is 32.8. The first-order valence-corrected chi connectivity index (χ1v) is 20.0. The van der Waals surface area contributed by atoms with Crippen LogP contribution in [0.1, 0.15) is 26.2 Å². The Labute approximate surface area is 190 Å². The number of hydrogen-bond donors (Lipinski definition) is 0. The highest BCUT2D eigenvalue weighted by Crippen LogP contribution is 2.61. The van der Waals surface area contributed by atoms with Gasteiger partial charge >= 0.3 is 35.5 Å². The van der Waals surface area contributed by atoms with Gasteiger partial charge in [-0.3, -0.25) is 0 Å². The van der Waals surface area contributed by atoms with E-state index in [0.29, 0.717) is 11.3 Å². The monoisotopic (exact) mass is 560 g/mol. The Kier molecular flexibility index (Phi) is 10.4. The van der Waals surface area contributed by atoms with Gasteiger partial charge in [0.25, 0.3) is 0 Å². The molecule has 0 saturated carbocycles. The van der Waals surface area contributed by atoms with Gasteiger partial charge in [-0.2, -0.15) is 52.7 Å². The van der Waals surface area contributed by atoms with E-state index in [-0.39, 0.29) is 0 Å². The molecular formula is C18H32F12Si3. The van der Waals surface area contributed by atoms with Crippen molar-refractivity contribution in [2.75, 3.05) is 0 Å². The molecule has 0 saturated heterocycles. The third kappa shape index (κ3) is 6.53. The van der Waals surface area contributed by atoms with Gasteiger partial charge in [0.15, 0.2) is 0 Å². The normalized spacial score (nSPS) is 15.6. The van der Waals surface area contributed by atoms with E-state index in [1.54, 1.807) is 6.55 Å². The first-order valence-electron chi connectivity index (χ1n) is 10.6. The lowest BCUT2D eigenvalue weighted by molar-refractivity contribution is -0.425. The summed E-state index contributed by atoms with van der Waals surface area (Å²) in [5.41, 5.74) is 1.04. The second-order valence-electron chi connectivity index (χ2n) is 9.96. The van der Waals surface area contributed by atoms with Gasteiger partial charge in [-0.1, -0.05) is 63.5 Å². The molecule has 0 atom stereocenters. The van der Waals surface area contributed by atoms with Crippen LogP contribution in [0.25, 0.3) is 0 Å². The van der Waals surface area contributed by atoms with Gasteiger partial charge in [-0.15, -0.1) is 0 Å². The van der Waals surface area contributed by atoms with E-state index in [2.05, 4.69) is 0 Å². The van der Waals surface area contributed by atoms with Crippen LogP contribution in [-0.2, 0) is 0 Å². The molecule has 0 aliphatic carbocycles. The molecule has 0 aromatic heterocycles. The summed E-state index contributed by atoms with van der Waals surface area (Å²) < 4.78 is 167. The predicted octanol–water partition coefficient (Wildman–Crippen LogP) is 8.12. The standard InChI is InChI=1S/C18H32F12Si3/c1-7-8-13(19,20)15(23,24)17(27,28)18(29,30)16(25,26)14(21,22)9-10-33(6,11-31(2)3)12-32(4)5/h31-32H,7-12H2,1-6H3. The van der Waals surface area contributed by atoms with Crippen LogP contribution in [0.3, 0.4) is 0 Å². The molecule has 0 radical (unpaired) electrons. The highest BCUT2D eigenvalue weighted by Gasteiger charge is 2.89. The fourth-order valence-electron chi connectivity index (χ4n) is 4.20. The molecular weight excluding hydrogens is 528 g/mol. The van der Waals surface area contributed by atoms with Crippen molar-refractivity contribution in [3.63, 3.8) is 0 Å². The largest absolute Gasteiger partial charge is 0.384 e. The lowest BCUT2D eigenvalue weighted by Gasteiger charge is -2.42. The Morgan fingerprint density at radius 3 is 1.12 bits per heavy atom. The van der Waals surface area contributed by atoms with Crippen LogP contribution in [0.5, 0.6) is 0 Å². The van der Waals surface area contributed by atoms with Crippen LogP contribution in [0, 0.1) is 0 Å². The topological polar surface area (TPSA) is 0 Å². The first-order chi connectivity index (χ1) is 14.4. The van der Waals surface area contributed by atoms with Crippen LogP contribution in [0.15, 0.2) is 0 Å². The van der Waals surface area contributed by atoms with E-state index in [0.717, 1.165) is 6.92 Å². The van der Waals surface area contributed by atoms with Crippen LogP contribution < -0.4 is 0 Å². The highest BCUT2D eigenvalue weighted by atomic mass is 28.4. The minimum absolute atomic E-state index is 0.522. The van der Waals surface area contributed by atoms with Crippen molar-refractivity contribution < 1.29 is 52.7 Å². The third-order valence-electron chi connectivity index (χ3n) is 5.51. The predicted molar refractivity (Wildman–Crippen MR) is 113 cm³/mol. The zero-order chi connectivity index (χ0) is 26.9. The van der Waals surface area contributed by atoms with Crippen LogP contribution >= 0.6 is 0 Å². The number of halogens is 12. The minimum Gasteiger partial charge on any atom is -0.200 e. The Balaban J connectivity index is 6.15. The molecule has 0 aromatic rings. The van der Waals surface area contributed by atoms with Gasteiger partial charge in [0.1, 0.15) is 0 Å². The SMILES string of the molecule is CCCC(F)(F)C(F)(F)C(F)(F)C(F)(F)C(F)(F)C(F)(F)CC[Si](C)(C[SiH](C)C)C[SiH](C)C. The second kappa shape index (κ2) is 10.4. The average Bonchev–Trinajstić information content (AvgIpc) is 2.57. The Hall–Kier alpha value is -0.189. The van der Waals surface area contributed by atoms with Crippen LogP contribution in [0.4, 0.5) is 52.7 Å². The maximum Gasteiger partial charge on any atom is 0.384 e. The molecule has 0 bridgehead atoms. The lowest BCUT2D eigenvalue weighted by Crippen LogP contribution is -2.70. The fraction of sp³-hybridized carbons (Fsp3) is 1.00. The van der Waals surface area contributed by atoms with Crippen molar-refractivity contribution in [1.82, 2.24) is 0 Å². The summed E-state index contributed by atoms with van der Waals surface area (Å²) in [5, 5.41) is 0. The highest BCUT2D eigenvalue weighted by molar-refractivity contribution is 6.95. The molecule has 0 amide bonds. The van der Waals surface area contributed by atoms with E-state index in [1.807, 2.05) is 26.2 Å². The summed E-state index contributed by atoms with van der Waals surface area (Å²) in [5.74, 6) is -40.5. The Morgan fingerprint density at radius 2 is 0.848 bits per heavy atom. The van der Waals surface area contributed by atoms with Crippen molar-refractivity contribution in [1.29, 1.82) is 0 Å². The van der Waals surface area contributed by atoms with Crippen LogP contribution in [-0.4, -0.2) is 61.2 Å². The maximum absolute atomic E-state index is 14.3. The van der Waals surface area contributed by atoms with Crippen molar-refractivity contribution in [3.05, 3.63) is 0 Å². The Morgan fingerprint density at radius 1 is 0.545 bits per heavy atom. The Bertz CT molecular complexity index is 625. The molecule has 0 rings (SSSR count). The molecule has 0 spiro atoms. The summed E-state index contributed by atoms with van der Waals surface area (Å²) in [4.78, 5) is 0. The van der Waals surface area contributed by atoms with Crippen molar-refractivity contribution in [3.8, 4) is 0 Å². The average molecular weight is 561 g/mol. The number of alkyl halides is 12. The summed E-state index contributed by atoms with van der Waals surface area (Å²) in [6, 6.07) is -0.601. The summed E-state index contributed by atoms with van der Waals surface area (Å²) in [6.07, 6.45) is -4.83. The van der Waals surface area contributed by atoms with Gasteiger partial charge < -0.3 is 0 Å². The molecule has 0 N–H and O–H groups in total. The summed E-state index contributed by atoms with van der Waals surface area (Å²) in [6.45, 7) is 10.0. The zero-order valence-electron chi connectivity index (χ0n) is 19.4. The third-order valence-corrected chi connectivity index (χ3v) is 21.4. The number of hydrogen-bond acceptors (Lipinski definition) is 0. The molecule has 15 heteroatoms. The van der Waals surface area contributed by atoms with Crippen molar-refractivity contribution in [2.24, 2.45) is 0 Å². The molecule has 200 valence electrons. The maximum atomic E-state index is 14.3. The molecule has 0 aromatic carbocycles. The fourth-order valence-corrected chi connectivity index (χ4v) is 24.7. The zero-order valence-corrected chi connectivity index (χ0v) is 22.7. The molecule has 0 aliphatic heterocycles. The summed E-state index contributed by atoms with van der Waals surface area (Å²) in [7, 11) is -5.42. The second-order valence-corrected chi connectivity index (χ2v) is 22.9. The van der Waals surface area contributed by atoms with Gasteiger partial charge in [-0.05, 0) is 0 Å². The molecule has 0 heterocycles.